The number of ether oxygens (including phenoxy) is 2. The van der Waals surface area contributed by atoms with Gasteiger partial charge >= 0.3 is 11.9 Å². The molecule has 0 saturated carbocycles. The van der Waals surface area contributed by atoms with Crippen molar-refractivity contribution in [2.75, 3.05) is 32.8 Å². The third-order valence-corrected chi connectivity index (χ3v) is 10.3. The summed E-state index contributed by atoms with van der Waals surface area (Å²) in [6, 6.07) is 10.6. The summed E-state index contributed by atoms with van der Waals surface area (Å²) in [5.41, 5.74) is -0.345. The molecule has 0 aliphatic carbocycles. The lowest BCUT2D eigenvalue weighted by Crippen LogP contribution is -2.58. The van der Waals surface area contributed by atoms with Gasteiger partial charge < -0.3 is 19.1 Å². The molecule has 14 heteroatoms. The number of rotatable bonds is 11. The van der Waals surface area contributed by atoms with Gasteiger partial charge in [0.05, 0.1) is 33.9 Å². The molecule has 1 aliphatic rings. The van der Waals surface area contributed by atoms with E-state index in [0.717, 1.165) is 9.37 Å². The van der Waals surface area contributed by atoms with E-state index in [0.29, 0.717) is 11.8 Å². The number of sulfonamides is 1. The Balaban J connectivity index is 1.96. The number of carbonyl (C=O) groups excluding carboxylic acids is 3. The first-order valence-corrected chi connectivity index (χ1v) is 16.3. The Morgan fingerprint density at radius 3 is 2.05 bits per heavy atom. The fraction of sp³-hybridized carbons (Fsp3) is 0.464. The third-order valence-electron chi connectivity index (χ3n) is 6.43. The first-order chi connectivity index (χ1) is 19.7. The van der Waals surface area contributed by atoms with Crippen LogP contribution in [-0.4, -0.2) is 82.7 Å². The summed E-state index contributed by atoms with van der Waals surface area (Å²) in [4.78, 5) is 41.3. The maximum absolute atomic E-state index is 13.8. The number of hydrogen-bond donors (Lipinski definition) is 0. The number of piperazine rings is 1. The maximum Gasteiger partial charge on any atom is 0.338 e. The van der Waals surface area contributed by atoms with Crippen LogP contribution >= 0.6 is 0 Å². The number of hydrogen-bond acceptors (Lipinski definition) is 11. The van der Waals surface area contributed by atoms with Gasteiger partial charge in [-0.1, -0.05) is 12.1 Å². The Morgan fingerprint density at radius 2 is 1.52 bits per heavy atom. The molecule has 2 unspecified atom stereocenters. The van der Waals surface area contributed by atoms with Crippen molar-refractivity contribution < 1.29 is 45.5 Å². The van der Waals surface area contributed by atoms with Crippen LogP contribution in [0, 0.1) is 5.41 Å². The molecule has 2 aromatic carbocycles. The van der Waals surface area contributed by atoms with E-state index in [2.05, 4.69) is 0 Å². The van der Waals surface area contributed by atoms with E-state index in [4.69, 9.17) is 14.3 Å². The van der Waals surface area contributed by atoms with Crippen LogP contribution in [0.2, 0.25) is 0 Å². The average Bonchev–Trinajstić information content (AvgIpc) is 2.95. The first-order valence-electron chi connectivity index (χ1n) is 13.3. The minimum absolute atomic E-state index is 0.109. The van der Waals surface area contributed by atoms with E-state index in [1.165, 1.54) is 48.5 Å². The molecule has 1 fully saturated rings. The van der Waals surface area contributed by atoms with Crippen molar-refractivity contribution in [3.05, 3.63) is 59.7 Å². The second kappa shape index (κ2) is 13.4. The van der Waals surface area contributed by atoms with Gasteiger partial charge in [-0.05, 0) is 76.6 Å². The highest BCUT2D eigenvalue weighted by atomic mass is 32.2. The van der Waals surface area contributed by atoms with Crippen LogP contribution in [0.3, 0.4) is 0 Å². The number of nitrogens with zero attached hydrogens (tertiary/aromatic N) is 2. The van der Waals surface area contributed by atoms with Gasteiger partial charge in [-0.2, -0.15) is 4.31 Å². The molecular formula is C28H36N2O10S2. The van der Waals surface area contributed by atoms with Crippen LogP contribution in [0.25, 0.3) is 0 Å². The van der Waals surface area contributed by atoms with Crippen LogP contribution < -0.4 is 0 Å². The second-order valence-electron chi connectivity index (χ2n) is 10.5. The summed E-state index contributed by atoms with van der Waals surface area (Å²) in [6.07, 6.45) is -0.239. The largest absolute Gasteiger partial charge is 0.462 e. The molecule has 2 atom stereocenters. The minimum Gasteiger partial charge on any atom is -0.462 e. The van der Waals surface area contributed by atoms with Gasteiger partial charge in [-0.25, -0.2) is 26.4 Å². The van der Waals surface area contributed by atoms with E-state index in [1.807, 2.05) is 0 Å². The normalized spacial score (nSPS) is 17.8. The maximum atomic E-state index is 13.8. The van der Waals surface area contributed by atoms with Gasteiger partial charge in [0.1, 0.15) is 6.10 Å². The van der Waals surface area contributed by atoms with Crippen LogP contribution in [0.4, 0.5) is 0 Å². The monoisotopic (exact) mass is 624 g/mol. The van der Waals surface area contributed by atoms with Crippen molar-refractivity contribution in [1.29, 1.82) is 0 Å². The highest BCUT2D eigenvalue weighted by Crippen LogP contribution is 2.29. The molecule has 1 saturated heterocycles. The molecule has 0 radical (unpaired) electrons. The van der Waals surface area contributed by atoms with Gasteiger partial charge in [0.15, 0.2) is 21.5 Å². The summed E-state index contributed by atoms with van der Waals surface area (Å²) in [7, 11) is -8.52. The zero-order valence-corrected chi connectivity index (χ0v) is 25.8. The summed E-state index contributed by atoms with van der Waals surface area (Å²) in [5.74, 6) is -1.31. The van der Waals surface area contributed by atoms with Gasteiger partial charge in [0.2, 0.25) is 10.0 Å². The Kier molecular flexibility index (Phi) is 10.7. The van der Waals surface area contributed by atoms with Gasteiger partial charge in [0, 0.05) is 19.7 Å². The molecule has 0 amide bonds. The summed E-state index contributed by atoms with van der Waals surface area (Å²) in [6.45, 7) is 7.71. The van der Waals surface area contributed by atoms with Crippen LogP contribution in [0.15, 0.2) is 58.3 Å². The van der Waals surface area contributed by atoms with Crippen LogP contribution in [-0.2, 0) is 43.8 Å². The third kappa shape index (κ3) is 7.42. The molecule has 2 aromatic rings. The molecule has 12 nitrogen and oxygen atoms in total. The Hall–Kier alpha value is -3.17. The van der Waals surface area contributed by atoms with Gasteiger partial charge in [-0.3, -0.25) is 0 Å². The van der Waals surface area contributed by atoms with Crippen molar-refractivity contribution in [2.45, 2.75) is 55.9 Å². The molecule has 42 heavy (non-hydrogen) atoms. The molecule has 0 bridgehead atoms. The van der Waals surface area contributed by atoms with Gasteiger partial charge in [0.25, 0.3) is 0 Å². The topological polar surface area (TPSA) is 154 Å². The summed E-state index contributed by atoms with van der Waals surface area (Å²) >= 11 is 0. The molecule has 0 spiro atoms. The van der Waals surface area contributed by atoms with E-state index < -0.39 is 55.2 Å². The fourth-order valence-electron chi connectivity index (χ4n) is 4.05. The minimum atomic E-state index is -4.33. The standard InChI is InChI=1S/C28H36N2O10S2/c1-6-38-24(19-31)20-8-14-23(15-9-20)42(36,37)29-16-17-30(40-27(33)28(3,4)5)25(18-29)41(34,35)22-12-10-21(11-13-22)26(32)39-7-2/h8-15,19,24-25H,6-7,16-18H2,1-5H3. The smallest absolute Gasteiger partial charge is 0.338 e. The van der Waals surface area contributed by atoms with Crippen LogP contribution in [0.5, 0.6) is 0 Å². The van der Waals surface area contributed by atoms with Crippen molar-refractivity contribution in [2.24, 2.45) is 5.41 Å². The lowest BCUT2D eigenvalue weighted by atomic mass is 9.98. The molecule has 3 rings (SSSR count). The van der Waals surface area contributed by atoms with Crippen molar-refractivity contribution in [3.8, 4) is 0 Å². The SMILES string of the molecule is CCOC(=O)c1ccc(S(=O)(=O)C2CN(S(=O)(=O)c3ccc(C(C=O)OCC)cc3)CCN2OC(=O)C(C)(C)C)cc1. The number of benzene rings is 2. The first kappa shape index (κ1) is 33.3. The van der Waals surface area contributed by atoms with E-state index in [9.17, 15) is 31.2 Å². The predicted molar refractivity (Wildman–Crippen MR) is 151 cm³/mol. The Morgan fingerprint density at radius 1 is 0.929 bits per heavy atom. The predicted octanol–water partition coefficient (Wildman–Crippen LogP) is 2.75. The Labute approximate surface area is 246 Å². The average molecular weight is 625 g/mol. The van der Waals surface area contributed by atoms with E-state index >= 15 is 0 Å². The lowest BCUT2D eigenvalue weighted by molar-refractivity contribution is -0.209. The highest BCUT2D eigenvalue weighted by molar-refractivity contribution is 7.92. The summed E-state index contributed by atoms with van der Waals surface area (Å²) < 4.78 is 66.2. The lowest BCUT2D eigenvalue weighted by Gasteiger charge is -2.39. The van der Waals surface area contributed by atoms with Crippen molar-refractivity contribution in [3.63, 3.8) is 0 Å². The number of hydroxylamine groups is 2. The number of carbonyl (C=O) groups is 3. The number of sulfone groups is 1. The second-order valence-corrected chi connectivity index (χ2v) is 14.5. The Bertz CT molecular complexity index is 1480. The number of aldehydes is 1. The van der Waals surface area contributed by atoms with Crippen molar-refractivity contribution in [1.82, 2.24) is 9.37 Å². The summed E-state index contributed by atoms with van der Waals surface area (Å²) in [5, 5.41) is -0.592. The van der Waals surface area contributed by atoms with Gasteiger partial charge in [-0.15, -0.1) is 5.06 Å². The molecule has 1 aliphatic heterocycles. The molecule has 230 valence electrons. The number of esters is 1. The molecular weight excluding hydrogens is 588 g/mol. The highest BCUT2D eigenvalue weighted by Gasteiger charge is 2.44. The zero-order valence-electron chi connectivity index (χ0n) is 24.2. The molecule has 0 N–H and O–H groups in total. The zero-order chi connectivity index (χ0) is 31.3. The fourth-order valence-corrected chi connectivity index (χ4v) is 7.25. The van der Waals surface area contributed by atoms with Crippen molar-refractivity contribution >= 4 is 38.1 Å². The van der Waals surface area contributed by atoms with E-state index in [-0.39, 0.29) is 41.7 Å². The van der Waals surface area contributed by atoms with E-state index in [1.54, 1.807) is 34.6 Å². The quantitative estimate of drug-likeness (QED) is 0.268. The molecule has 0 aromatic heterocycles. The van der Waals surface area contributed by atoms with Crippen LogP contribution in [0.1, 0.15) is 56.6 Å². The molecule has 1 heterocycles.